The van der Waals surface area contributed by atoms with Crippen LogP contribution >= 0.6 is 11.6 Å². The van der Waals surface area contributed by atoms with Gasteiger partial charge in [-0.1, -0.05) is 17.7 Å². The number of nitrogens with two attached hydrogens (primary N) is 1. The molecule has 0 amide bonds. The van der Waals surface area contributed by atoms with Crippen LogP contribution in [-0.2, 0) is 0 Å². The van der Waals surface area contributed by atoms with Crippen LogP contribution < -0.4 is 5.73 Å². The van der Waals surface area contributed by atoms with Gasteiger partial charge in [0.1, 0.15) is 5.15 Å². The summed E-state index contributed by atoms with van der Waals surface area (Å²) in [5.41, 5.74) is 6.59. The molecule has 3 heteroatoms. The summed E-state index contributed by atoms with van der Waals surface area (Å²) < 4.78 is 0. The van der Waals surface area contributed by atoms with Crippen LogP contribution in [0.3, 0.4) is 0 Å². The Labute approximate surface area is 70.7 Å². The van der Waals surface area contributed by atoms with Crippen molar-refractivity contribution in [3.05, 3.63) is 41.7 Å². The number of rotatable bonds is 2. The van der Waals surface area contributed by atoms with Gasteiger partial charge in [-0.15, -0.1) is 6.58 Å². The molecule has 0 fully saturated rings. The van der Waals surface area contributed by atoms with Gasteiger partial charge in [0.05, 0.1) is 0 Å². The van der Waals surface area contributed by atoms with Gasteiger partial charge in [-0.25, -0.2) is 4.98 Å². The van der Waals surface area contributed by atoms with Crippen molar-refractivity contribution < 1.29 is 0 Å². The lowest BCUT2D eigenvalue weighted by atomic mass is 10.1. The van der Waals surface area contributed by atoms with E-state index in [2.05, 4.69) is 11.6 Å². The van der Waals surface area contributed by atoms with Crippen molar-refractivity contribution in [2.24, 2.45) is 5.73 Å². The van der Waals surface area contributed by atoms with Crippen LogP contribution in [0.4, 0.5) is 0 Å². The molecule has 1 rings (SSSR count). The molecule has 58 valence electrons. The third-order valence-electron chi connectivity index (χ3n) is 1.39. The molecular weight excluding hydrogens is 160 g/mol. The van der Waals surface area contributed by atoms with E-state index in [4.69, 9.17) is 17.3 Å². The van der Waals surface area contributed by atoms with Crippen LogP contribution in [0.25, 0.3) is 0 Å². The van der Waals surface area contributed by atoms with Gasteiger partial charge in [-0.05, 0) is 17.7 Å². The van der Waals surface area contributed by atoms with Gasteiger partial charge >= 0.3 is 0 Å². The number of halogens is 1. The summed E-state index contributed by atoms with van der Waals surface area (Å²) in [6, 6.07) is 3.39. The standard InChI is InChI=1S/C8H9ClN2/c1-2-7(10)6-3-4-11-8(9)5-6/h2-5,7H,1,10H2/t7-/m1/s1. The van der Waals surface area contributed by atoms with Gasteiger partial charge in [0, 0.05) is 12.2 Å². The summed E-state index contributed by atoms with van der Waals surface area (Å²) in [5, 5.41) is 0.458. The number of pyridine rings is 1. The number of hydrogen-bond acceptors (Lipinski definition) is 2. The van der Waals surface area contributed by atoms with E-state index in [0.717, 1.165) is 5.56 Å². The van der Waals surface area contributed by atoms with E-state index in [1.165, 1.54) is 0 Å². The summed E-state index contributed by atoms with van der Waals surface area (Å²) in [4.78, 5) is 3.83. The molecule has 1 aromatic heterocycles. The maximum Gasteiger partial charge on any atom is 0.129 e. The van der Waals surface area contributed by atoms with E-state index >= 15 is 0 Å². The van der Waals surface area contributed by atoms with E-state index in [-0.39, 0.29) is 6.04 Å². The second kappa shape index (κ2) is 3.51. The van der Waals surface area contributed by atoms with Crippen LogP contribution in [0.1, 0.15) is 11.6 Å². The molecule has 0 spiro atoms. The average molecular weight is 169 g/mol. The maximum absolute atomic E-state index is 5.66. The van der Waals surface area contributed by atoms with Crippen LogP contribution in [0, 0.1) is 0 Å². The van der Waals surface area contributed by atoms with Crippen molar-refractivity contribution in [2.45, 2.75) is 6.04 Å². The molecule has 0 unspecified atom stereocenters. The quantitative estimate of drug-likeness (QED) is 0.541. The summed E-state index contributed by atoms with van der Waals surface area (Å²) in [6.07, 6.45) is 3.28. The lowest BCUT2D eigenvalue weighted by molar-refractivity contribution is 0.910. The predicted molar refractivity (Wildman–Crippen MR) is 46.4 cm³/mol. The third kappa shape index (κ3) is 2.03. The average Bonchev–Trinajstić information content (AvgIpc) is 2.03. The Morgan fingerprint density at radius 2 is 2.45 bits per heavy atom. The fourth-order valence-electron chi connectivity index (χ4n) is 0.761. The lowest BCUT2D eigenvalue weighted by Crippen LogP contribution is -2.06. The van der Waals surface area contributed by atoms with Crippen molar-refractivity contribution in [1.82, 2.24) is 4.98 Å². The Hall–Kier alpha value is -0.860. The Morgan fingerprint density at radius 3 is 3.00 bits per heavy atom. The molecule has 2 N–H and O–H groups in total. The zero-order valence-electron chi connectivity index (χ0n) is 6.00. The fraction of sp³-hybridized carbons (Fsp3) is 0.125. The van der Waals surface area contributed by atoms with Crippen LogP contribution in [0.15, 0.2) is 31.0 Å². The highest BCUT2D eigenvalue weighted by Gasteiger charge is 2.00. The Morgan fingerprint density at radius 1 is 1.73 bits per heavy atom. The number of nitrogens with zero attached hydrogens (tertiary/aromatic N) is 1. The molecule has 0 aliphatic rings. The Balaban J connectivity index is 2.95. The molecule has 11 heavy (non-hydrogen) atoms. The smallest absolute Gasteiger partial charge is 0.129 e. The molecule has 1 aromatic rings. The third-order valence-corrected chi connectivity index (χ3v) is 1.60. The van der Waals surface area contributed by atoms with Crippen LogP contribution in [-0.4, -0.2) is 4.98 Å². The van der Waals surface area contributed by atoms with Gasteiger partial charge in [0.25, 0.3) is 0 Å². The largest absolute Gasteiger partial charge is 0.321 e. The van der Waals surface area contributed by atoms with Gasteiger partial charge in [-0.2, -0.15) is 0 Å². The van der Waals surface area contributed by atoms with E-state index in [9.17, 15) is 0 Å². The van der Waals surface area contributed by atoms with Crippen LogP contribution in [0.5, 0.6) is 0 Å². The van der Waals surface area contributed by atoms with Crippen molar-refractivity contribution in [1.29, 1.82) is 0 Å². The second-order valence-electron chi connectivity index (χ2n) is 2.17. The van der Waals surface area contributed by atoms with Gasteiger partial charge in [-0.3, -0.25) is 0 Å². The van der Waals surface area contributed by atoms with Gasteiger partial charge < -0.3 is 5.73 Å². The number of hydrogen-bond donors (Lipinski definition) is 1. The molecule has 0 radical (unpaired) electrons. The molecule has 0 bridgehead atoms. The minimum atomic E-state index is -0.157. The second-order valence-corrected chi connectivity index (χ2v) is 2.56. The zero-order chi connectivity index (χ0) is 8.27. The molecule has 2 nitrogen and oxygen atoms in total. The van der Waals surface area contributed by atoms with Crippen LogP contribution in [0.2, 0.25) is 5.15 Å². The molecule has 0 aliphatic carbocycles. The van der Waals surface area contributed by atoms with E-state index < -0.39 is 0 Å². The van der Waals surface area contributed by atoms with E-state index in [1.54, 1.807) is 18.3 Å². The van der Waals surface area contributed by atoms with Crippen molar-refractivity contribution in [2.75, 3.05) is 0 Å². The summed E-state index contributed by atoms with van der Waals surface area (Å²) in [7, 11) is 0. The van der Waals surface area contributed by atoms with E-state index in [0.29, 0.717) is 5.15 Å². The molecule has 1 heterocycles. The fourth-order valence-corrected chi connectivity index (χ4v) is 0.943. The van der Waals surface area contributed by atoms with Crippen molar-refractivity contribution in [3.63, 3.8) is 0 Å². The first-order valence-corrected chi connectivity index (χ1v) is 3.61. The minimum Gasteiger partial charge on any atom is -0.321 e. The molecule has 1 atom stereocenters. The Kier molecular flexibility index (Phi) is 2.63. The highest BCUT2D eigenvalue weighted by Crippen LogP contribution is 2.13. The summed E-state index contributed by atoms with van der Waals surface area (Å²) in [6.45, 7) is 3.58. The maximum atomic E-state index is 5.66. The normalized spacial score (nSPS) is 12.5. The SMILES string of the molecule is C=C[C@@H](N)c1ccnc(Cl)c1. The summed E-state index contributed by atoms with van der Waals surface area (Å²) >= 11 is 5.64. The first kappa shape index (κ1) is 8.24. The number of aromatic nitrogens is 1. The monoisotopic (exact) mass is 168 g/mol. The first-order chi connectivity index (χ1) is 5.24. The molecule has 0 aromatic carbocycles. The molecular formula is C8H9ClN2. The van der Waals surface area contributed by atoms with Gasteiger partial charge in [0.2, 0.25) is 0 Å². The minimum absolute atomic E-state index is 0.157. The van der Waals surface area contributed by atoms with E-state index in [1.807, 2.05) is 6.07 Å². The summed E-state index contributed by atoms with van der Waals surface area (Å²) in [5.74, 6) is 0. The topological polar surface area (TPSA) is 38.9 Å². The lowest BCUT2D eigenvalue weighted by Gasteiger charge is -2.04. The Bertz CT molecular complexity index is 260. The van der Waals surface area contributed by atoms with Gasteiger partial charge in [0.15, 0.2) is 0 Å². The highest BCUT2D eigenvalue weighted by atomic mass is 35.5. The van der Waals surface area contributed by atoms with Crippen molar-refractivity contribution in [3.8, 4) is 0 Å². The van der Waals surface area contributed by atoms with Crippen molar-refractivity contribution >= 4 is 11.6 Å². The molecule has 0 saturated heterocycles. The predicted octanol–water partition coefficient (Wildman–Crippen LogP) is 1.92. The first-order valence-electron chi connectivity index (χ1n) is 3.23. The highest BCUT2D eigenvalue weighted by molar-refractivity contribution is 6.29. The molecule has 0 aliphatic heterocycles. The molecule has 0 saturated carbocycles. The zero-order valence-corrected chi connectivity index (χ0v) is 6.75.